The van der Waals surface area contributed by atoms with Crippen molar-refractivity contribution in [3.8, 4) is 5.69 Å². The lowest BCUT2D eigenvalue weighted by Crippen LogP contribution is -2.15. The number of hydrogen-bond donors (Lipinski definition) is 0. The van der Waals surface area contributed by atoms with E-state index in [0.29, 0.717) is 11.8 Å². The van der Waals surface area contributed by atoms with Crippen molar-refractivity contribution in [2.45, 2.75) is 32.1 Å². The summed E-state index contributed by atoms with van der Waals surface area (Å²) in [4.78, 5) is 25.8. The SMILES string of the molecule is O=c1ccccn1-c1ccc(C[C@H]2CC[C@H](Cc3ncc4sccc4n3)C2)nc1. The Bertz CT molecular complexity index is 1180. The minimum absolute atomic E-state index is 0.0384. The van der Waals surface area contributed by atoms with Gasteiger partial charge in [-0.15, -0.1) is 11.3 Å². The summed E-state index contributed by atoms with van der Waals surface area (Å²) in [6.07, 6.45) is 11.1. The largest absolute Gasteiger partial charge is 0.283 e. The summed E-state index contributed by atoms with van der Waals surface area (Å²) < 4.78 is 2.78. The molecule has 0 radical (unpaired) electrons. The van der Waals surface area contributed by atoms with E-state index in [1.807, 2.05) is 18.3 Å². The van der Waals surface area contributed by atoms with Crippen LogP contribution in [0.15, 0.2) is 65.2 Å². The van der Waals surface area contributed by atoms with E-state index < -0.39 is 0 Å². The highest BCUT2D eigenvalue weighted by molar-refractivity contribution is 7.17. The van der Waals surface area contributed by atoms with Gasteiger partial charge in [0, 0.05) is 30.6 Å². The summed E-state index contributed by atoms with van der Waals surface area (Å²) in [5, 5.41) is 2.07. The fraction of sp³-hybridized carbons (Fsp3) is 0.304. The van der Waals surface area contributed by atoms with Crippen molar-refractivity contribution in [1.29, 1.82) is 0 Å². The van der Waals surface area contributed by atoms with Crippen molar-refractivity contribution in [3.05, 3.63) is 82.2 Å². The molecule has 0 spiro atoms. The Labute approximate surface area is 173 Å². The molecule has 2 atom stereocenters. The van der Waals surface area contributed by atoms with Gasteiger partial charge < -0.3 is 0 Å². The molecule has 1 aliphatic carbocycles. The van der Waals surface area contributed by atoms with E-state index in [2.05, 4.69) is 27.5 Å². The maximum absolute atomic E-state index is 12.0. The molecule has 0 amide bonds. The molecule has 29 heavy (non-hydrogen) atoms. The van der Waals surface area contributed by atoms with Crippen LogP contribution in [-0.4, -0.2) is 19.5 Å². The molecule has 1 saturated carbocycles. The summed E-state index contributed by atoms with van der Waals surface area (Å²) in [5.74, 6) is 2.28. The van der Waals surface area contributed by atoms with Gasteiger partial charge in [0.1, 0.15) is 5.82 Å². The molecule has 4 aromatic rings. The molecule has 0 aliphatic heterocycles. The van der Waals surface area contributed by atoms with Gasteiger partial charge in [-0.2, -0.15) is 0 Å². The van der Waals surface area contributed by atoms with Crippen LogP contribution in [0.2, 0.25) is 0 Å². The maximum atomic E-state index is 12.0. The Morgan fingerprint density at radius 1 is 1.00 bits per heavy atom. The summed E-state index contributed by atoms with van der Waals surface area (Å²) >= 11 is 1.69. The van der Waals surface area contributed by atoms with Crippen LogP contribution < -0.4 is 5.56 Å². The number of rotatable bonds is 5. The first-order chi connectivity index (χ1) is 14.2. The third-order valence-electron chi connectivity index (χ3n) is 5.78. The van der Waals surface area contributed by atoms with Crippen LogP contribution in [0.3, 0.4) is 0 Å². The standard InChI is InChI=1S/C23H22N4OS/c28-23-3-1-2-9-27(23)19-7-6-18(24-14-19)12-16-4-5-17(11-16)13-22-25-15-21-20(26-22)8-10-29-21/h1-3,6-10,14-17H,4-5,11-13H2/t16-,17-/m0/s1. The van der Waals surface area contributed by atoms with Crippen molar-refractivity contribution in [2.24, 2.45) is 11.8 Å². The minimum Gasteiger partial charge on any atom is -0.283 e. The van der Waals surface area contributed by atoms with E-state index in [0.717, 1.165) is 40.3 Å². The van der Waals surface area contributed by atoms with Gasteiger partial charge in [0.15, 0.2) is 0 Å². The second-order valence-electron chi connectivity index (χ2n) is 7.83. The average molecular weight is 403 g/mol. The zero-order valence-electron chi connectivity index (χ0n) is 16.1. The van der Waals surface area contributed by atoms with E-state index in [9.17, 15) is 4.79 Å². The first-order valence-corrected chi connectivity index (χ1v) is 10.9. The molecule has 146 valence electrons. The minimum atomic E-state index is -0.0384. The zero-order chi connectivity index (χ0) is 19.6. The van der Waals surface area contributed by atoms with E-state index in [1.54, 1.807) is 40.4 Å². The highest BCUT2D eigenvalue weighted by Crippen LogP contribution is 2.34. The number of fused-ring (bicyclic) bond motifs is 1. The Hall–Kier alpha value is -2.86. The molecule has 5 rings (SSSR count). The lowest BCUT2D eigenvalue weighted by atomic mass is 9.97. The van der Waals surface area contributed by atoms with Crippen LogP contribution in [0.1, 0.15) is 30.8 Å². The van der Waals surface area contributed by atoms with Crippen molar-refractivity contribution in [2.75, 3.05) is 0 Å². The van der Waals surface area contributed by atoms with Crippen LogP contribution in [0, 0.1) is 11.8 Å². The van der Waals surface area contributed by atoms with E-state index in [4.69, 9.17) is 4.98 Å². The quantitative estimate of drug-likeness (QED) is 0.495. The molecule has 6 heteroatoms. The molecule has 0 saturated heterocycles. The third kappa shape index (κ3) is 3.98. The first kappa shape index (κ1) is 18.2. The van der Waals surface area contributed by atoms with E-state index in [-0.39, 0.29) is 5.56 Å². The number of aromatic nitrogens is 4. The summed E-state index contributed by atoms with van der Waals surface area (Å²) in [6, 6.07) is 11.3. The molecule has 1 aliphatic rings. The molecule has 5 nitrogen and oxygen atoms in total. The smallest absolute Gasteiger partial charge is 0.255 e. The van der Waals surface area contributed by atoms with Gasteiger partial charge in [-0.05, 0) is 67.2 Å². The van der Waals surface area contributed by atoms with Gasteiger partial charge in [0.2, 0.25) is 0 Å². The second kappa shape index (κ2) is 7.87. The first-order valence-electron chi connectivity index (χ1n) is 10.1. The molecular formula is C23H22N4OS. The molecule has 0 aromatic carbocycles. The fourth-order valence-corrected chi connectivity index (χ4v) is 5.02. The molecule has 0 bridgehead atoms. The average Bonchev–Trinajstić information content (AvgIpc) is 3.38. The molecular weight excluding hydrogens is 380 g/mol. The molecule has 1 fully saturated rings. The maximum Gasteiger partial charge on any atom is 0.255 e. The lowest BCUT2D eigenvalue weighted by molar-refractivity contribution is 0.477. The summed E-state index contributed by atoms with van der Waals surface area (Å²) in [7, 11) is 0. The predicted molar refractivity (Wildman–Crippen MR) is 115 cm³/mol. The highest BCUT2D eigenvalue weighted by atomic mass is 32.1. The van der Waals surface area contributed by atoms with E-state index >= 15 is 0 Å². The Balaban J connectivity index is 1.20. The third-order valence-corrected chi connectivity index (χ3v) is 6.62. The molecule has 4 aromatic heterocycles. The Morgan fingerprint density at radius 2 is 1.90 bits per heavy atom. The van der Waals surface area contributed by atoms with Crippen LogP contribution >= 0.6 is 11.3 Å². The van der Waals surface area contributed by atoms with Crippen LogP contribution in [-0.2, 0) is 12.8 Å². The second-order valence-corrected chi connectivity index (χ2v) is 8.77. The number of pyridine rings is 2. The predicted octanol–water partition coefficient (Wildman–Crippen LogP) is 4.44. The van der Waals surface area contributed by atoms with Gasteiger partial charge in [-0.25, -0.2) is 9.97 Å². The number of nitrogens with zero attached hydrogens (tertiary/aromatic N) is 4. The normalized spacial score (nSPS) is 19.0. The van der Waals surface area contributed by atoms with Crippen LogP contribution in [0.4, 0.5) is 0 Å². The van der Waals surface area contributed by atoms with Crippen molar-refractivity contribution >= 4 is 21.6 Å². The van der Waals surface area contributed by atoms with Crippen molar-refractivity contribution < 1.29 is 0 Å². The molecule has 0 unspecified atom stereocenters. The zero-order valence-corrected chi connectivity index (χ0v) is 16.9. The van der Waals surface area contributed by atoms with E-state index in [1.165, 1.54) is 19.3 Å². The lowest BCUT2D eigenvalue weighted by Gasteiger charge is -2.11. The summed E-state index contributed by atoms with van der Waals surface area (Å²) in [6.45, 7) is 0. The number of hydrogen-bond acceptors (Lipinski definition) is 5. The monoisotopic (exact) mass is 402 g/mol. The topological polar surface area (TPSA) is 60.7 Å². The van der Waals surface area contributed by atoms with Crippen LogP contribution in [0.25, 0.3) is 15.9 Å². The number of thiophene rings is 1. The van der Waals surface area contributed by atoms with Crippen LogP contribution in [0.5, 0.6) is 0 Å². The van der Waals surface area contributed by atoms with Crippen molar-refractivity contribution in [3.63, 3.8) is 0 Å². The summed E-state index contributed by atoms with van der Waals surface area (Å²) in [5.41, 5.74) is 2.93. The molecule has 0 N–H and O–H groups in total. The van der Waals surface area contributed by atoms with Gasteiger partial charge in [-0.3, -0.25) is 14.3 Å². The van der Waals surface area contributed by atoms with Gasteiger partial charge in [0.05, 0.1) is 22.1 Å². The van der Waals surface area contributed by atoms with Gasteiger partial charge >= 0.3 is 0 Å². The Morgan fingerprint density at radius 3 is 2.72 bits per heavy atom. The van der Waals surface area contributed by atoms with Gasteiger partial charge in [-0.1, -0.05) is 6.07 Å². The molecule has 4 heterocycles. The van der Waals surface area contributed by atoms with Gasteiger partial charge in [0.25, 0.3) is 5.56 Å². The highest BCUT2D eigenvalue weighted by Gasteiger charge is 2.26. The fourth-order valence-electron chi connectivity index (χ4n) is 4.33. The van der Waals surface area contributed by atoms with Crippen molar-refractivity contribution in [1.82, 2.24) is 19.5 Å². The Kier molecular flexibility index (Phi) is 4.94.